The second-order valence-electron chi connectivity index (χ2n) is 9.31. The van der Waals surface area contributed by atoms with Crippen LogP contribution in [0.1, 0.15) is 63.7 Å². The summed E-state index contributed by atoms with van der Waals surface area (Å²) in [6.45, 7) is 0. The van der Waals surface area contributed by atoms with Gasteiger partial charge in [0, 0.05) is 22.3 Å². The molecule has 0 radical (unpaired) electrons. The van der Waals surface area contributed by atoms with Crippen LogP contribution < -0.4 is 4.74 Å². The predicted octanol–water partition coefficient (Wildman–Crippen LogP) is 5.80. The molecule has 15 heteroatoms. The minimum Gasteiger partial charge on any atom is -0.478 e. The van der Waals surface area contributed by atoms with Crippen LogP contribution in [0.15, 0.2) is 48.5 Å². The highest BCUT2D eigenvalue weighted by Crippen LogP contribution is 2.57. The number of ether oxygens (including phenoxy) is 1. The molecule has 4 N–H and O–H groups in total. The summed E-state index contributed by atoms with van der Waals surface area (Å²) >= 11 is 0. The predicted molar refractivity (Wildman–Crippen MR) is 132 cm³/mol. The van der Waals surface area contributed by atoms with Crippen LogP contribution in [-0.2, 0) is 5.41 Å². The number of carbonyl (C=O) groups is 4. The van der Waals surface area contributed by atoms with Gasteiger partial charge in [-0.2, -0.15) is 0 Å². The van der Waals surface area contributed by atoms with Crippen molar-refractivity contribution >= 4 is 23.9 Å². The van der Waals surface area contributed by atoms with E-state index < -0.39 is 120 Å². The normalized spacial score (nSPS) is 13.0. The largest absolute Gasteiger partial charge is 0.478 e. The van der Waals surface area contributed by atoms with E-state index in [1.54, 1.807) is 0 Å². The SMILES string of the molecule is O=C(O)c1cc2c(cc1C(=O)O)C(c1ccc(F)c(F)c1F)(c1ccc(F)c(F)c1F)c1cc(C(=O)O)c(C(=O)O)cc1O2. The van der Waals surface area contributed by atoms with Gasteiger partial charge < -0.3 is 25.2 Å². The Kier molecular flexibility index (Phi) is 6.83. The lowest BCUT2D eigenvalue weighted by Gasteiger charge is -2.42. The molecular formula is C29H12F6O9. The monoisotopic (exact) mass is 618 g/mol. The molecule has 4 aromatic carbocycles. The molecule has 0 spiro atoms. The lowest BCUT2D eigenvalue weighted by molar-refractivity contribution is 0.0650. The summed E-state index contributed by atoms with van der Waals surface area (Å²) in [5.41, 5.74) is -10.9. The van der Waals surface area contributed by atoms with Crippen molar-refractivity contribution in [1.82, 2.24) is 0 Å². The highest BCUT2D eigenvalue weighted by atomic mass is 19.2. The van der Waals surface area contributed by atoms with Crippen LogP contribution in [0.25, 0.3) is 0 Å². The van der Waals surface area contributed by atoms with E-state index in [0.717, 1.165) is 0 Å². The Morgan fingerprint density at radius 1 is 0.477 bits per heavy atom. The van der Waals surface area contributed by atoms with Crippen molar-refractivity contribution in [3.63, 3.8) is 0 Å². The molecule has 0 amide bonds. The van der Waals surface area contributed by atoms with Crippen LogP contribution in [0.2, 0.25) is 0 Å². The molecule has 0 unspecified atom stereocenters. The van der Waals surface area contributed by atoms with Crippen LogP contribution in [-0.4, -0.2) is 44.3 Å². The van der Waals surface area contributed by atoms with Crippen molar-refractivity contribution in [2.45, 2.75) is 5.41 Å². The van der Waals surface area contributed by atoms with Gasteiger partial charge >= 0.3 is 23.9 Å². The van der Waals surface area contributed by atoms with Crippen molar-refractivity contribution < 1.29 is 70.7 Å². The van der Waals surface area contributed by atoms with Crippen molar-refractivity contribution in [3.8, 4) is 11.5 Å². The highest BCUT2D eigenvalue weighted by Gasteiger charge is 2.51. The van der Waals surface area contributed by atoms with E-state index >= 15 is 8.78 Å². The average molecular weight is 618 g/mol. The summed E-state index contributed by atoms with van der Waals surface area (Å²) in [6.07, 6.45) is 0. The van der Waals surface area contributed by atoms with Crippen LogP contribution in [0.5, 0.6) is 11.5 Å². The smallest absolute Gasteiger partial charge is 0.336 e. The van der Waals surface area contributed by atoms with Gasteiger partial charge in [0.2, 0.25) is 0 Å². The molecule has 1 aliphatic rings. The number of hydrogen-bond donors (Lipinski definition) is 4. The maximum atomic E-state index is 15.8. The van der Waals surface area contributed by atoms with Crippen molar-refractivity contribution in [1.29, 1.82) is 0 Å². The third-order valence-electron chi connectivity index (χ3n) is 7.07. The van der Waals surface area contributed by atoms with E-state index in [0.29, 0.717) is 48.5 Å². The van der Waals surface area contributed by atoms with E-state index in [1.165, 1.54) is 0 Å². The first-order valence-electron chi connectivity index (χ1n) is 11.9. The van der Waals surface area contributed by atoms with Gasteiger partial charge in [-0.15, -0.1) is 0 Å². The number of hydrogen-bond acceptors (Lipinski definition) is 5. The van der Waals surface area contributed by atoms with E-state index in [4.69, 9.17) is 4.74 Å². The molecule has 0 saturated heterocycles. The molecule has 0 aliphatic carbocycles. The van der Waals surface area contributed by atoms with E-state index in [1.807, 2.05) is 0 Å². The van der Waals surface area contributed by atoms with Gasteiger partial charge in [-0.05, 0) is 36.4 Å². The maximum absolute atomic E-state index is 15.8. The fourth-order valence-corrected chi connectivity index (χ4v) is 5.24. The Bertz CT molecular complexity index is 1850. The molecular weight excluding hydrogens is 606 g/mol. The minimum atomic E-state index is -3.01. The lowest BCUT2D eigenvalue weighted by Crippen LogP contribution is -2.38. The van der Waals surface area contributed by atoms with Gasteiger partial charge in [0.05, 0.1) is 27.7 Å². The Labute approximate surface area is 239 Å². The number of carboxylic acids is 4. The highest BCUT2D eigenvalue weighted by molar-refractivity contribution is 6.04. The third kappa shape index (κ3) is 4.11. The van der Waals surface area contributed by atoms with Crippen LogP contribution in [0.4, 0.5) is 26.3 Å². The van der Waals surface area contributed by atoms with Crippen LogP contribution in [0, 0.1) is 34.9 Å². The number of rotatable bonds is 6. The number of benzene rings is 4. The maximum Gasteiger partial charge on any atom is 0.336 e. The molecule has 0 atom stereocenters. The van der Waals surface area contributed by atoms with Gasteiger partial charge in [0.15, 0.2) is 34.9 Å². The Hall–Kier alpha value is -5.86. The Balaban J connectivity index is 2.15. The van der Waals surface area contributed by atoms with Gasteiger partial charge in [0.25, 0.3) is 0 Å². The lowest BCUT2D eigenvalue weighted by atomic mass is 9.62. The molecule has 5 rings (SSSR count). The van der Waals surface area contributed by atoms with Gasteiger partial charge in [-0.1, -0.05) is 12.1 Å². The van der Waals surface area contributed by atoms with Crippen LogP contribution >= 0.6 is 0 Å². The minimum absolute atomic E-state index is 0.343. The number of aromatic carboxylic acids is 4. The molecule has 224 valence electrons. The first kappa shape index (κ1) is 29.6. The second kappa shape index (κ2) is 10.1. The second-order valence-corrected chi connectivity index (χ2v) is 9.31. The molecule has 0 fully saturated rings. The van der Waals surface area contributed by atoms with Crippen molar-refractivity contribution in [3.05, 3.63) is 128 Å². The molecule has 4 aromatic rings. The van der Waals surface area contributed by atoms with Crippen LogP contribution in [0.3, 0.4) is 0 Å². The van der Waals surface area contributed by atoms with E-state index in [2.05, 4.69) is 0 Å². The van der Waals surface area contributed by atoms with Crippen molar-refractivity contribution in [2.75, 3.05) is 0 Å². The Morgan fingerprint density at radius 2 is 0.795 bits per heavy atom. The van der Waals surface area contributed by atoms with Crippen molar-refractivity contribution in [2.24, 2.45) is 0 Å². The number of fused-ring (bicyclic) bond motifs is 2. The van der Waals surface area contributed by atoms with Gasteiger partial charge in [-0.25, -0.2) is 45.5 Å². The first-order valence-corrected chi connectivity index (χ1v) is 11.9. The molecule has 0 saturated carbocycles. The summed E-state index contributed by atoms with van der Waals surface area (Å²) in [5, 5.41) is 38.9. The summed E-state index contributed by atoms with van der Waals surface area (Å²) in [5.74, 6) is -21.2. The molecule has 0 aromatic heterocycles. The quantitative estimate of drug-likeness (QED) is 0.136. The molecule has 9 nitrogen and oxygen atoms in total. The van der Waals surface area contributed by atoms with E-state index in [-0.39, 0.29) is 0 Å². The first-order chi connectivity index (χ1) is 20.6. The summed E-state index contributed by atoms with van der Waals surface area (Å²) in [7, 11) is 0. The standard InChI is InChI=1S/C29H12F6O9/c30-17-3-1-13(21(32)23(17)34)29(14-2-4-18(31)24(35)22(14)33)15-5-9(25(36)37)11(27(40)41)7-19(15)44-20-8-12(28(42)43)10(26(38)39)6-16(20)29/h1-8H,(H,36,37)(H,38,39)(H,40,41)(H,42,43). The summed E-state index contributed by atoms with van der Waals surface area (Å²) < 4.78 is 95.3. The third-order valence-corrected chi connectivity index (χ3v) is 7.07. The molecule has 0 bridgehead atoms. The molecule has 44 heavy (non-hydrogen) atoms. The fraction of sp³-hybridized carbons (Fsp3) is 0.0345. The van der Waals surface area contributed by atoms with Gasteiger partial charge in [-0.3, -0.25) is 0 Å². The zero-order chi connectivity index (χ0) is 32.4. The topological polar surface area (TPSA) is 158 Å². The summed E-state index contributed by atoms with van der Waals surface area (Å²) in [4.78, 5) is 48.1. The average Bonchev–Trinajstić information content (AvgIpc) is 2.96. The molecule has 1 heterocycles. The summed E-state index contributed by atoms with van der Waals surface area (Å²) in [6, 6.07) is 3.85. The zero-order valence-corrected chi connectivity index (χ0v) is 21.2. The number of halogens is 6. The Morgan fingerprint density at radius 3 is 1.11 bits per heavy atom. The number of carboxylic acid groups (broad SMARTS) is 4. The van der Waals surface area contributed by atoms with Gasteiger partial charge in [0.1, 0.15) is 11.5 Å². The van der Waals surface area contributed by atoms with E-state index in [9.17, 15) is 57.2 Å². The molecule has 1 aliphatic heterocycles. The fourth-order valence-electron chi connectivity index (χ4n) is 5.24. The zero-order valence-electron chi connectivity index (χ0n) is 21.2.